The van der Waals surface area contributed by atoms with Crippen LogP contribution in [0.25, 0.3) is 0 Å². The smallest absolute Gasteiger partial charge is 0.252 e. The van der Waals surface area contributed by atoms with Crippen molar-refractivity contribution < 1.29 is 9.32 Å². The van der Waals surface area contributed by atoms with Crippen molar-refractivity contribution in [2.45, 2.75) is 6.42 Å². The molecule has 0 unspecified atom stereocenters. The molecule has 0 radical (unpaired) electrons. The van der Waals surface area contributed by atoms with Crippen LogP contribution in [0.1, 0.15) is 16.2 Å². The Hall–Kier alpha value is -2.44. The van der Waals surface area contributed by atoms with Gasteiger partial charge in [0.1, 0.15) is 5.82 Å². The minimum atomic E-state index is -0.211. The van der Waals surface area contributed by atoms with E-state index in [2.05, 4.69) is 20.4 Å². The number of pyridine rings is 1. The van der Waals surface area contributed by atoms with Crippen molar-refractivity contribution in [1.82, 2.24) is 20.4 Å². The average Bonchev–Trinajstić information content (AvgIpc) is 2.83. The van der Waals surface area contributed by atoms with Crippen LogP contribution in [0.5, 0.6) is 0 Å². The highest BCUT2D eigenvalue weighted by molar-refractivity contribution is 5.93. The second-order valence-corrected chi connectivity index (χ2v) is 3.31. The fraction of sp³-hybridized carbons (Fsp3) is 0.200. The lowest BCUT2D eigenvalue weighted by Crippen LogP contribution is -2.25. The predicted molar refractivity (Wildman–Crippen MR) is 59.0 cm³/mol. The monoisotopic (exact) mass is 233 g/mol. The average molecular weight is 233 g/mol. The Morgan fingerprint density at radius 3 is 2.94 bits per heavy atom. The summed E-state index contributed by atoms with van der Waals surface area (Å²) in [7, 11) is 0. The first-order chi connectivity index (χ1) is 8.25. The highest BCUT2D eigenvalue weighted by Crippen LogP contribution is 2.01. The highest BCUT2D eigenvalue weighted by Gasteiger charge is 2.06. The fourth-order valence-corrected chi connectivity index (χ4v) is 1.23. The Morgan fingerprint density at radius 1 is 1.41 bits per heavy atom. The van der Waals surface area contributed by atoms with E-state index in [1.165, 1.54) is 12.5 Å². The molecule has 2 heterocycles. The molecule has 2 aromatic heterocycles. The van der Waals surface area contributed by atoms with Gasteiger partial charge in [0.25, 0.3) is 5.91 Å². The molecule has 0 atom stereocenters. The van der Waals surface area contributed by atoms with E-state index in [0.717, 1.165) is 0 Å². The summed E-state index contributed by atoms with van der Waals surface area (Å²) in [6.07, 6.45) is 3.24. The number of anilines is 1. The SMILES string of the molecule is Nc1ccc(C(=O)NCCc2ncno2)cn1. The number of amides is 1. The highest BCUT2D eigenvalue weighted by atomic mass is 16.5. The van der Waals surface area contributed by atoms with Crippen LogP contribution in [0.2, 0.25) is 0 Å². The van der Waals surface area contributed by atoms with Crippen LogP contribution in [-0.4, -0.2) is 27.6 Å². The molecule has 0 saturated heterocycles. The van der Waals surface area contributed by atoms with Gasteiger partial charge < -0.3 is 15.6 Å². The topological polar surface area (TPSA) is 107 Å². The number of nitrogens with two attached hydrogens (primary N) is 1. The maximum Gasteiger partial charge on any atom is 0.252 e. The third-order valence-corrected chi connectivity index (χ3v) is 2.08. The van der Waals surface area contributed by atoms with Crippen molar-refractivity contribution in [3.8, 4) is 0 Å². The number of nitrogens with zero attached hydrogens (tertiary/aromatic N) is 3. The van der Waals surface area contributed by atoms with E-state index in [9.17, 15) is 4.79 Å². The van der Waals surface area contributed by atoms with Crippen LogP contribution >= 0.6 is 0 Å². The number of carbonyl (C=O) groups is 1. The van der Waals surface area contributed by atoms with E-state index in [0.29, 0.717) is 30.2 Å². The van der Waals surface area contributed by atoms with Gasteiger partial charge in [-0.25, -0.2) is 4.98 Å². The fourth-order valence-electron chi connectivity index (χ4n) is 1.23. The second-order valence-electron chi connectivity index (χ2n) is 3.31. The van der Waals surface area contributed by atoms with Crippen molar-refractivity contribution in [3.05, 3.63) is 36.1 Å². The van der Waals surface area contributed by atoms with Gasteiger partial charge in [0.2, 0.25) is 5.89 Å². The van der Waals surface area contributed by atoms with E-state index >= 15 is 0 Å². The summed E-state index contributed by atoms with van der Waals surface area (Å²) in [5, 5.41) is 6.17. The molecule has 3 N–H and O–H groups in total. The zero-order chi connectivity index (χ0) is 12.1. The van der Waals surface area contributed by atoms with Gasteiger partial charge in [0, 0.05) is 19.2 Å². The first-order valence-electron chi connectivity index (χ1n) is 5.01. The van der Waals surface area contributed by atoms with Gasteiger partial charge in [-0.2, -0.15) is 4.98 Å². The zero-order valence-corrected chi connectivity index (χ0v) is 8.96. The molecular weight excluding hydrogens is 222 g/mol. The molecule has 1 amide bonds. The van der Waals surface area contributed by atoms with Gasteiger partial charge in [-0.15, -0.1) is 0 Å². The zero-order valence-electron chi connectivity index (χ0n) is 8.96. The quantitative estimate of drug-likeness (QED) is 0.770. The van der Waals surface area contributed by atoms with E-state index in [1.54, 1.807) is 12.1 Å². The molecular formula is C10H11N5O2. The first kappa shape index (κ1) is 11.1. The van der Waals surface area contributed by atoms with Crippen molar-refractivity contribution in [2.75, 3.05) is 12.3 Å². The van der Waals surface area contributed by atoms with Crippen LogP contribution in [0.3, 0.4) is 0 Å². The molecule has 0 fully saturated rings. The Morgan fingerprint density at radius 2 is 2.29 bits per heavy atom. The summed E-state index contributed by atoms with van der Waals surface area (Å²) in [4.78, 5) is 19.3. The lowest BCUT2D eigenvalue weighted by Gasteiger charge is -2.03. The number of hydrogen-bond acceptors (Lipinski definition) is 6. The van der Waals surface area contributed by atoms with E-state index in [1.807, 2.05) is 0 Å². The lowest BCUT2D eigenvalue weighted by molar-refractivity contribution is 0.0953. The normalized spacial score (nSPS) is 10.1. The Balaban J connectivity index is 1.83. The summed E-state index contributed by atoms with van der Waals surface area (Å²) in [5.74, 6) is 0.658. The summed E-state index contributed by atoms with van der Waals surface area (Å²) in [6, 6.07) is 3.19. The largest absolute Gasteiger partial charge is 0.384 e. The van der Waals surface area contributed by atoms with Gasteiger partial charge in [-0.1, -0.05) is 5.16 Å². The molecule has 2 rings (SSSR count). The standard InChI is InChI=1S/C10H11N5O2/c11-8-2-1-7(5-13-8)10(16)12-4-3-9-14-6-15-17-9/h1-2,5-6H,3-4H2,(H2,11,13)(H,12,16). The van der Waals surface area contributed by atoms with Gasteiger partial charge in [-0.05, 0) is 12.1 Å². The van der Waals surface area contributed by atoms with Crippen LogP contribution in [0.4, 0.5) is 5.82 Å². The molecule has 0 aliphatic rings. The number of nitrogens with one attached hydrogen (secondary N) is 1. The van der Waals surface area contributed by atoms with Crippen LogP contribution in [0, 0.1) is 0 Å². The van der Waals surface area contributed by atoms with Crippen LogP contribution < -0.4 is 11.1 Å². The molecule has 88 valence electrons. The van der Waals surface area contributed by atoms with Crippen molar-refractivity contribution >= 4 is 11.7 Å². The summed E-state index contributed by atoms with van der Waals surface area (Å²) in [6.45, 7) is 0.422. The van der Waals surface area contributed by atoms with E-state index in [4.69, 9.17) is 10.3 Å². The number of hydrogen-bond donors (Lipinski definition) is 2. The van der Waals surface area contributed by atoms with Crippen LogP contribution in [0.15, 0.2) is 29.2 Å². The summed E-state index contributed by atoms with van der Waals surface area (Å²) in [5.41, 5.74) is 5.88. The van der Waals surface area contributed by atoms with Gasteiger partial charge in [0.05, 0.1) is 5.56 Å². The third-order valence-electron chi connectivity index (χ3n) is 2.08. The molecule has 0 spiro atoms. The molecule has 0 saturated carbocycles. The molecule has 0 aliphatic carbocycles. The van der Waals surface area contributed by atoms with Crippen molar-refractivity contribution in [1.29, 1.82) is 0 Å². The lowest BCUT2D eigenvalue weighted by atomic mass is 10.2. The summed E-state index contributed by atoms with van der Waals surface area (Å²) >= 11 is 0. The van der Waals surface area contributed by atoms with Gasteiger partial charge in [-0.3, -0.25) is 4.79 Å². The van der Waals surface area contributed by atoms with Crippen molar-refractivity contribution in [3.63, 3.8) is 0 Å². The van der Waals surface area contributed by atoms with Gasteiger partial charge in [0.15, 0.2) is 6.33 Å². The minimum Gasteiger partial charge on any atom is -0.384 e. The van der Waals surface area contributed by atoms with E-state index in [-0.39, 0.29) is 5.91 Å². The number of nitrogen functional groups attached to an aromatic ring is 1. The maximum atomic E-state index is 11.6. The molecule has 0 bridgehead atoms. The molecule has 7 nitrogen and oxygen atoms in total. The number of aromatic nitrogens is 3. The first-order valence-corrected chi connectivity index (χ1v) is 5.01. The third kappa shape index (κ3) is 3.00. The van der Waals surface area contributed by atoms with Crippen molar-refractivity contribution in [2.24, 2.45) is 0 Å². The van der Waals surface area contributed by atoms with Gasteiger partial charge >= 0.3 is 0 Å². The number of carbonyl (C=O) groups excluding carboxylic acids is 1. The molecule has 2 aromatic rings. The van der Waals surface area contributed by atoms with E-state index < -0.39 is 0 Å². The molecule has 0 aromatic carbocycles. The maximum absolute atomic E-state index is 11.6. The Bertz CT molecular complexity index is 480. The second kappa shape index (κ2) is 5.06. The Labute approximate surface area is 97.0 Å². The van der Waals surface area contributed by atoms with Crippen LogP contribution in [-0.2, 0) is 6.42 Å². The molecule has 0 aliphatic heterocycles. The number of rotatable bonds is 4. The summed E-state index contributed by atoms with van der Waals surface area (Å²) < 4.78 is 4.80. The minimum absolute atomic E-state index is 0.211. The Kier molecular flexibility index (Phi) is 3.29. The predicted octanol–water partition coefficient (Wildman–Crippen LogP) is 0.0193. The molecule has 17 heavy (non-hydrogen) atoms. The molecule has 7 heteroatoms.